The summed E-state index contributed by atoms with van der Waals surface area (Å²) in [6.07, 6.45) is 2.34. The Hall–Kier alpha value is -1.01. The second-order valence-electron chi connectivity index (χ2n) is 4.04. The number of nitrogens with one attached hydrogen (secondary N) is 1. The molecule has 0 aromatic carbocycles. The van der Waals surface area contributed by atoms with Crippen LogP contribution in [0.1, 0.15) is 23.9 Å². The first-order valence-corrected chi connectivity index (χ1v) is 7.10. The fourth-order valence-electron chi connectivity index (χ4n) is 1.89. The summed E-state index contributed by atoms with van der Waals surface area (Å²) in [6.45, 7) is 0.676. The van der Waals surface area contributed by atoms with Crippen molar-refractivity contribution < 1.29 is 8.42 Å². The number of rotatable bonds is 3. The van der Waals surface area contributed by atoms with Gasteiger partial charge in [-0.3, -0.25) is 0 Å². The van der Waals surface area contributed by atoms with Crippen molar-refractivity contribution >= 4 is 9.84 Å². The van der Waals surface area contributed by atoms with Gasteiger partial charge < -0.3 is 5.32 Å². The minimum Gasteiger partial charge on any atom is -0.314 e. The summed E-state index contributed by atoms with van der Waals surface area (Å²) in [5.74, 6) is 1.09. The van der Waals surface area contributed by atoms with E-state index in [2.05, 4.69) is 15.3 Å². The normalized spacial score (nSPS) is 23.4. The molecule has 1 atom stereocenters. The van der Waals surface area contributed by atoms with Gasteiger partial charge in [-0.15, -0.1) is 0 Å². The molecule has 1 aromatic heterocycles. The molecule has 0 bridgehead atoms. The smallest absolute Gasteiger partial charge is 0.151 e. The minimum atomic E-state index is -2.86. The largest absolute Gasteiger partial charge is 0.314 e. The molecule has 16 heavy (non-hydrogen) atoms. The monoisotopic (exact) mass is 241 g/mol. The van der Waals surface area contributed by atoms with Gasteiger partial charge in [0.2, 0.25) is 0 Å². The van der Waals surface area contributed by atoms with Gasteiger partial charge >= 0.3 is 0 Å². The Bertz CT molecular complexity index is 473. The maximum absolute atomic E-state index is 11.4. The highest BCUT2D eigenvalue weighted by Gasteiger charge is 2.30. The molecule has 5 nitrogen and oxygen atoms in total. The molecule has 2 rings (SSSR count). The number of hydrogen-bond donors (Lipinski definition) is 1. The Balaban J connectivity index is 2.18. The number of nitrogens with zero attached hydrogens (tertiary/aromatic N) is 2. The van der Waals surface area contributed by atoms with Crippen LogP contribution in [0.2, 0.25) is 0 Å². The van der Waals surface area contributed by atoms with Crippen molar-refractivity contribution in [1.29, 1.82) is 0 Å². The van der Waals surface area contributed by atoms with Gasteiger partial charge in [0.25, 0.3) is 0 Å². The lowest BCUT2D eigenvalue weighted by Gasteiger charge is -2.07. The molecule has 0 radical (unpaired) electrons. The highest BCUT2D eigenvalue weighted by atomic mass is 32.2. The van der Waals surface area contributed by atoms with E-state index in [-0.39, 0.29) is 17.4 Å². The average molecular weight is 241 g/mol. The summed E-state index contributed by atoms with van der Waals surface area (Å²) in [4.78, 5) is 8.54. The van der Waals surface area contributed by atoms with Crippen LogP contribution in [0.5, 0.6) is 0 Å². The van der Waals surface area contributed by atoms with Crippen molar-refractivity contribution in [1.82, 2.24) is 15.3 Å². The predicted octanol–water partition coefficient (Wildman–Crippen LogP) is 0.0981. The minimum absolute atomic E-state index is 0.0261. The van der Waals surface area contributed by atoms with Gasteiger partial charge in [0.05, 0.1) is 17.2 Å². The van der Waals surface area contributed by atoms with Crippen LogP contribution >= 0.6 is 0 Å². The molecule has 1 unspecified atom stereocenters. The van der Waals surface area contributed by atoms with E-state index in [1.807, 2.05) is 13.1 Å². The molecule has 1 aromatic rings. The third-order valence-corrected chi connectivity index (χ3v) is 4.46. The highest BCUT2D eigenvalue weighted by Crippen LogP contribution is 2.26. The molecule has 0 aliphatic carbocycles. The molecule has 6 heteroatoms. The van der Waals surface area contributed by atoms with Crippen molar-refractivity contribution in [2.75, 3.05) is 18.6 Å². The van der Waals surface area contributed by atoms with Crippen molar-refractivity contribution in [3.63, 3.8) is 0 Å². The van der Waals surface area contributed by atoms with Crippen LogP contribution in [0.3, 0.4) is 0 Å². The molecule has 1 fully saturated rings. The van der Waals surface area contributed by atoms with E-state index in [0.29, 0.717) is 18.8 Å². The first kappa shape index (κ1) is 11.5. The number of aromatic nitrogens is 2. The predicted molar refractivity (Wildman–Crippen MR) is 60.8 cm³/mol. The van der Waals surface area contributed by atoms with E-state index in [4.69, 9.17) is 0 Å². The molecular weight excluding hydrogens is 226 g/mol. The van der Waals surface area contributed by atoms with E-state index in [0.717, 1.165) is 5.69 Å². The standard InChI is InChI=1S/C10H15N3O2S/c1-11-6-9-2-4-12-10(13-9)8-3-5-16(14,15)7-8/h2,4,8,11H,3,5-7H2,1H3. The summed E-state index contributed by atoms with van der Waals surface area (Å²) in [5, 5.41) is 3.01. The summed E-state index contributed by atoms with van der Waals surface area (Å²) >= 11 is 0. The molecule has 0 saturated carbocycles. The van der Waals surface area contributed by atoms with E-state index >= 15 is 0 Å². The quantitative estimate of drug-likeness (QED) is 0.812. The molecule has 1 saturated heterocycles. The Morgan fingerprint density at radius 3 is 3.00 bits per heavy atom. The van der Waals surface area contributed by atoms with Gasteiger partial charge in [-0.1, -0.05) is 0 Å². The average Bonchev–Trinajstić information content (AvgIpc) is 2.60. The second kappa shape index (κ2) is 4.47. The molecule has 1 aliphatic rings. The lowest BCUT2D eigenvalue weighted by Crippen LogP contribution is -2.12. The molecule has 0 spiro atoms. The van der Waals surface area contributed by atoms with E-state index in [1.54, 1.807) is 6.20 Å². The van der Waals surface area contributed by atoms with E-state index in [9.17, 15) is 8.42 Å². The maximum Gasteiger partial charge on any atom is 0.151 e. The fraction of sp³-hybridized carbons (Fsp3) is 0.600. The molecule has 1 N–H and O–H groups in total. The summed E-state index contributed by atoms with van der Waals surface area (Å²) in [5.41, 5.74) is 0.900. The Morgan fingerprint density at radius 1 is 1.56 bits per heavy atom. The van der Waals surface area contributed by atoms with Crippen LogP contribution in [0, 0.1) is 0 Å². The molecule has 1 aliphatic heterocycles. The molecular formula is C10H15N3O2S. The molecule has 88 valence electrons. The third-order valence-electron chi connectivity index (χ3n) is 2.69. The van der Waals surface area contributed by atoms with Crippen LogP contribution in [0.15, 0.2) is 12.3 Å². The van der Waals surface area contributed by atoms with E-state index in [1.165, 1.54) is 0 Å². The third kappa shape index (κ3) is 2.56. The van der Waals surface area contributed by atoms with Crippen molar-refractivity contribution in [3.8, 4) is 0 Å². The van der Waals surface area contributed by atoms with Crippen LogP contribution in [0.25, 0.3) is 0 Å². The van der Waals surface area contributed by atoms with E-state index < -0.39 is 9.84 Å². The zero-order valence-corrected chi connectivity index (χ0v) is 10.00. The van der Waals surface area contributed by atoms with Gasteiger partial charge in [-0.25, -0.2) is 18.4 Å². The van der Waals surface area contributed by atoms with Crippen LogP contribution in [0.4, 0.5) is 0 Å². The SMILES string of the molecule is CNCc1ccnc(C2CCS(=O)(=O)C2)n1. The molecule has 2 heterocycles. The van der Waals surface area contributed by atoms with Crippen LogP contribution in [-0.2, 0) is 16.4 Å². The van der Waals surface area contributed by atoms with Crippen molar-refractivity contribution in [2.24, 2.45) is 0 Å². The summed E-state index contributed by atoms with van der Waals surface area (Å²) in [6, 6.07) is 1.84. The summed E-state index contributed by atoms with van der Waals surface area (Å²) < 4.78 is 22.7. The van der Waals surface area contributed by atoms with Crippen molar-refractivity contribution in [3.05, 3.63) is 23.8 Å². The Morgan fingerprint density at radius 2 is 2.38 bits per heavy atom. The Kier molecular flexibility index (Phi) is 3.20. The second-order valence-corrected chi connectivity index (χ2v) is 6.27. The molecule has 0 amide bonds. The lowest BCUT2D eigenvalue weighted by atomic mass is 10.1. The highest BCUT2D eigenvalue weighted by molar-refractivity contribution is 7.91. The zero-order valence-electron chi connectivity index (χ0n) is 9.18. The maximum atomic E-state index is 11.4. The van der Waals surface area contributed by atoms with Gasteiger partial charge in [-0.05, 0) is 19.5 Å². The first-order chi connectivity index (χ1) is 7.61. The zero-order chi connectivity index (χ0) is 11.6. The van der Waals surface area contributed by atoms with Crippen LogP contribution in [-0.4, -0.2) is 36.9 Å². The fourth-order valence-corrected chi connectivity index (χ4v) is 3.63. The topological polar surface area (TPSA) is 72.0 Å². The van der Waals surface area contributed by atoms with Crippen molar-refractivity contribution in [2.45, 2.75) is 18.9 Å². The number of hydrogen-bond acceptors (Lipinski definition) is 5. The summed E-state index contributed by atoms with van der Waals surface area (Å²) in [7, 11) is -1.02. The van der Waals surface area contributed by atoms with Gasteiger partial charge in [-0.2, -0.15) is 0 Å². The number of sulfone groups is 1. The van der Waals surface area contributed by atoms with Gasteiger partial charge in [0.1, 0.15) is 5.82 Å². The van der Waals surface area contributed by atoms with Gasteiger partial charge in [0, 0.05) is 18.7 Å². The lowest BCUT2D eigenvalue weighted by molar-refractivity contribution is 0.601. The Labute approximate surface area is 95.2 Å². The van der Waals surface area contributed by atoms with Crippen LogP contribution < -0.4 is 5.32 Å². The first-order valence-electron chi connectivity index (χ1n) is 5.27. The van der Waals surface area contributed by atoms with Gasteiger partial charge in [0.15, 0.2) is 9.84 Å².